The second kappa shape index (κ2) is 4.50. The quantitative estimate of drug-likeness (QED) is 0.922. The van der Waals surface area contributed by atoms with Crippen LogP contribution < -0.4 is 4.74 Å². The summed E-state index contributed by atoms with van der Waals surface area (Å²) in [6.07, 6.45) is 5.93. The zero-order valence-corrected chi connectivity index (χ0v) is 11.6. The number of hydrogen-bond donors (Lipinski definition) is 1. The second-order valence-electron chi connectivity index (χ2n) is 5.50. The van der Waals surface area contributed by atoms with E-state index in [-0.39, 0.29) is 6.10 Å². The summed E-state index contributed by atoms with van der Waals surface area (Å²) in [5, 5.41) is 11.0. The molecule has 0 amide bonds. The Bertz CT molecular complexity index is 651. The average molecular weight is 291 g/mol. The number of imidazole rings is 1. The first kappa shape index (κ1) is 12.2. The number of ether oxygens (including phenoxy) is 1. The molecule has 1 aromatic carbocycles. The predicted molar refractivity (Wildman–Crippen MR) is 74.9 cm³/mol. The Morgan fingerprint density at radius 1 is 1.35 bits per heavy atom. The van der Waals surface area contributed by atoms with E-state index in [1.807, 2.05) is 18.6 Å². The molecule has 1 aliphatic heterocycles. The third-order valence-corrected chi connectivity index (χ3v) is 4.24. The van der Waals surface area contributed by atoms with E-state index in [9.17, 15) is 5.11 Å². The molecular weight excluding hydrogens is 276 g/mol. The highest BCUT2D eigenvalue weighted by Crippen LogP contribution is 2.44. The van der Waals surface area contributed by atoms with Crippen LogP contribution in [0.25, 0.3) is 0 Å². The molecule has 1 fully saturated rings. The van der Waals surface area contributed by atoms with Crippen LogP contribution in [0.1, 0.15) is 48.8 Å². The van der Waals surface area contributed by atoms with Gasteiger partial charge in [-0.2, -0.15) is 0 Å². The highest BCUT2D eigenvalue weighted by Gasteiger charge is 2.33. The van der Waals surface area contributed by atoms with Gasteiger partial charge >= 0.3 is 0 Å². The van der Waals surface area contributed by atoms with Crippen molar-refractivity contribution in [1.82, 2.24) is 9.55 Å². The Morgan fingerprint density at radius 3 is 3.00 bits per heavy atom. The van der Waals surface area contributed by atoms with Gasteiger partial charge in [-0.1, -0.05) is 11.6 Å². The maximum absolute atomic E-state index is 10.3. The molecule has 1 saturated carbocycles. The maximum atomic E-state index is 10.3. The van der Waals surface area contributed by atoms with Crippen molar-refractivity contribution in [2.45, 2.75) is 37.5 Å². The van der Waals surface area contributed by atoms with Crippen LogP contribution >= 0.6 is 11.6 Å². The SMILES string of the molecule is O[C@@H]1CC(c2cncn2C2CC2)Oc2ccc(Cl)cc21. The highest BCUT2D eigenvalue weighted by molar-refractivity contribution is 6.30. The van der Waals surface area contributed by atoms with Gasteiger partial charge in [-0.25, -0.2) is 4.98 Å². The molecule has 0 spiro atoms. The van der Waals surface area contributed by atoms with Gasteiger partial charge in [-0.3, -0.25) is 0 Å². The van der Waals surface area contributed by atoms with Crippen LogP contribution in [0, 0.1) is 0 Å². The van der Waals surface area contributed by atoms with E-state index in [4.69, 9.17) is 16.3 Å². The van der Waals surface area contributed by atoms with Crippen LogP contribution in [0.5, 0.6) is 5.75 Å². The van der Waals surface area contributed by atoms with E-state index in [1.54, 1.807) is 12.1 Å². The Balaban J connectivity index is 1.68. The molecule has 2 atom stereocenters. The van der Waals surface area contributed by atoms with Crippen LogP contribution in [0.3, 0.4) is 0 Å². The lowest BCUT2D eigenvalue weighted by atomic mass is 9.97. The summed E-state index contributed by atoms with van der Waals surface area (Å²) in [5.41, 5.74) is 1.82. The van der Waals surface area contributed by atoms with Crippen LogP contribution in [-0.4, -0.2) is 14.7 Å². The molecule has 0 radical (unpaired) electrons. The number of aliphatic hydroxyl groups is 1. The first-order valence-corrected chi connectivity index (χ1v) is 7.26. The molecule has 5 heteroatoms. The van der Waals surface area contributed by atoms with Gasteiger partial charge in [0, 0.05) is 23.0 Å². The van der Waals surface area contributed by atoms with Gasteiger partial charge in [0.05, 0.1) is 24.3 Å². The number of hydrogen-bond acceptors (Lipinski definition) is 3. The smallest absolute Gasteiger partial charge is 0.143 e. The molecule has 1 N–H and O–H groups in total. The number of aliphatic hydroxyl groups excluding tert-OH is 1. The molecule has 4 nitrogen and oxygen atoms in total. The maximum Gasteiger partial charge on any atom is 0.143 e. The minimum atomic E-state index is -0.551. The molecule has 2 aliphatic rings. The normalized spacial score (nSPS) is 25.1. The number of rotatable bonds is 2. The number of halogens is 1. The molecule has 2 aromatic rings. The summed E-state index contributed by atoms with van der Waals surface area (Å²) in [4.78, 5) is 4.23. The molecule has 4 rings (SSSR count). The Morgan fingerprint density at radius 2 is 2.20 bits per heavy atom. The Hall–Kier alpha value is -1.52. The largest absolute Gasteiger partial charge is 0.484 e. The van der Waals surface area contributed by atoms with Gasteiger partial charge in [-0.05, 0) is 31.0 Å². The minimum absolute atomic E-state index is 0.151. The first-order chi connectivity index (χ1) is 9.72. The molecule has 1 aromatic heterocycles. The Labute approximate surface area is 122 Å². The van der Waals surface area contributed by atoms with E-state index in [0.717, 1.165) is 11.3 Å². The molecule has 1 aliphatic carbocycles. The monoisotopic (exact) mass is 290 g/mol. The van der Waals surface area contributed by atoms with E-state index in [2.05, 4.69) is 9.55 Å². The van der Waals surface area contributed by atoms with Gasteiger partial charge in [-0.15, -0.1) is 0 Å². The van der Waals surface area contributed by atoms with Crippen molar-refractivity contribution in [3.63, 3.8) is 0 Å². The molecule has 104 valence electrons. The fourth-order valence-corrected chi connectivity index (χ4v) is 3.00. The van der Waals surface area contributed by atoms with Crippen molar-refractivity contribution in [1.29, 1.82) is 0 Å². The van der Waals surface area contributed by atoms with Crippen molar-refractivity contribution in [2.24, 2.45) is 0 Å². The van der Waals surface area contributed by atoms with Crippen LogP contribution in [-0.2, 0) is 0 Å². The number of nitrogens with zero attached hydrogens (tertiary/aromatic N) is 2. The molecule has 2 heterocycles. The lowest BCUT2D eigenvalue weighted by molar-refractivity contribution is 0.0618. The third-order valence-electron chi connectivity index (χ3n) is 4.00. The van der Waals surface area contributed by atoms with Gasteiger partial charge < -0.3 is 14.4 Å². The molecule has 1 unspecified atom stereocenters. The topological polar surface area (TPSA) is 47.3 Å². The van der Waals surface area contributed by atoms with Crippen molar-refractivity contribution < 1.29 is 9.84 Å². The van der Waals surface area contributed by atoms with E-state index >= 15 is 0 Å². The third kappa shape index (κ3) is 2.00. The summed E-state index contributed by atoms with van der Waals surface area (Å²) in [6.45, 7) is 0. The molecular formula is C15H15ClN2O2. The van der Waals surface area contributed by atoms with Crippen molar-refractivity contribution in [2.75, 3.05) is 0 Å². The number of aromatic nitrogens is 2. The number of benzene rings is 1. The van der Waals surface area contributed by atoms with Gasteiger partial charge in [0.1, 0.15) is 11.9 Å². The minimum Gasteiger partial charge on any atom is -0.484 e. The van der Waals surface area contributed by atoms with Crippen molar-refractivity contribution in [3.05, 3.63) is 47.0 Å². The number of fused-ring (bicyclic) bond motifs is 1. The molecule has 0 bridgehead atoms. The first-order valence-electron chi connectivity index (χ1n) is 6.88. The second-order valence-corrected chi connectivity index (χ2v) is 5.93. The zero-order valence-electron chi connectivity index (χ0n) is 10.9. The van der Waals surface area contributed by atoms with Gasteiger partial charge in [0.15, 0.2) is 0 Å². The lowest BCUT2D eigenvalue weighted by Crippen LogP contribution is -2.21. The molecule has 20 heavy (non-hydrogen) atoms. The molecule has 0 saturated heterocycles. The van der Waals surface area contributed by atoms with Crippen molar-refractivity contribution in [3.8, 4) is 5.75 Å². The standard InChI is InChI=1S/C15H15ClN2O2/c16-9-1-4-14-11(5-9)13(19)6-15(20-14)12-7-17-8-18(12)10-2-3-10/h1,4-5,7-8,10,13,15,19H,2-3,6H2/t13-,15?/m1/s1. The average Bonchev–Trinajstić information content (AvgIpc) is 3.17. The zero-order chi connectivity index (χ0) is 13.7. The fourth-order valence-electron chi connectivity index (χ4n) is 2.82. The highest BCUT2D eigenvalue weighted by atomic mass is 35.5. The summed E-state index contributed by atoms with van der Waals surface area (Å²) in [7, 11) is 0. The van der Waals surface area contributed by atoms with Crippen LogP contribution in [0.2, 0.25) is 5.02 Å². The fraction of sp³-hybridized carbons (Fsp3) is 0.400. The van der Waals surface area contributed by atoms with Gasteiger partial charge in [0.25, 0.3) is 0 Å². The van der Waals surface area contributed by atoms with E-state index in [1.165, 1.54) is 12.8 Å². The summed E-state index contributed by atoms with van der Waals surface area (Å²) in [5.74, 6) is 0.710. The van der Waals surface area contributed by atoms with Crippen molar-refractivity contribution >= 4 is 11.6 Å². The van der Waals surface area contributed by atoms with E-state index in [0.29, 0.717) is 23.2 Å². The Kier molecular flexibility index (Phi) is 2.75. The summed E-state index contributed by atoms with van der Waals surface area (Å²) >= 11 is 5.97. The lowest BCUT2D eigenvalue weighted by Gasteiger charge is -2.30. The summed E-state index contributed by atoms with van der Waals surface area (Å²) < 4.78 is 8.22. The van der Waals surface area contributed by atoms with Gasteiger partial charge in [0.2, 0.25) is 0 Å². The summed E-state index contributed by atoms with van der Waals surface area (Å²) in [6, 6.07) is 5.94. The van der Waals surface area contributed by atoms with Crippen LogP contribution in [0.4, 0.5) is 0 Å². The van der Waals surface area contributed by atoms with E-state index < -0.39 is 6.10 Å². The predicted octanol–water partition coefficient (Wildman–Crippen LogP) is 3.43. The van der Waals surface area contributed by atoms with Crippen LogP contribution in [0.15, 0.2) is 30.7 Å².